The second kappa shape index (κ2) is 5.88. The molecule has 1 rings (SSSR count). The maximum absolute atomic E-state index is 12.4. The zero-order valence-corrected chi connectivity index (χ0v) is 10.5. The third kappa shape index (κ3) is 4.05. The zero-order chi connectivity index (χ0) is 13.8. The molecule has 0 spiro atoms. The van der Waals surface area contributed by atoms with E-state index in [0.717, 1.165) is 13.3 Å². The number of hydrogen-bond acceptors (Lipinski definition) is 4. The average Bonchev–Trinajstić information content (AvgIpc) is 2.27. The Labute approximate surface area is 104 Å². The molecule has 0 saturated heterocycles. The SMILES string of the molecule is CCCc1nc(NC)cc(OC(C)C(F)(F)F)n1. The Kier molecular flexibility index (Phi) is 4.75. The van der Waals surface area contributed by atoms with Gasteiger partial charge in [0.25, 0.3) is 0 Å². The fourth-order valence-corrected chi connectivity index (χ4v) is 1.24. The van der Waals surface area contributed by atoms with Gasteiger partial charge in [-0.3, -0.25) is 0 Å². The molecule has 4 nitrogen and oxygen atoms in total. The molecule has 0 amide bonds. The molecule has 0 aliphatic carbocycles. The molecule has 0 saturated carbocycles. The Morgan fingerprint density at radius 3 is 2.56 bits per heavy atom. The lowest BCUT2D eigenvalue weighted by Gasteiger charge is -2.17. The molecule has 1 atom stereocenters. The van der Waals surface area contributed by atoms with Crippen molar-refractivity contribution in [2.45, 2.75) is 39.0 Å². The van der Waals surface area contributed by atoms with Gasteiger partial charge in [-0.2, -0.15) is 18.2 Å². The van der Waals surface area contributed by atoms with Gasteiger partial charge in [-0.1, -0.05) is 6.92 Å². The van der Waals surface area contributed by atoms with Crippen LogP contribution in [0.25, 0.3) is 0 Å². The summed E-state index contributed by atoms with van der Waals surface area (Å²) < 4.78 is 41.9. The number of aromatic nitrogens is 2. The number of alkyl halides is 3. The molecule has 0 aromatic carbocycles. The Bertz CT molecular complexity index is 396. The van der Waals surface area contributed by atoms with Gasteiger partial charge >= 0.3 is 6.18 Å². The molecule has 18 heavy (non-hydrogen) atoms. The number of nitrogens with one attached hydrogen (secondary N) is 1. The highest BCUT2D eigenvalue weighted by Gasteiger charge is 2.38. The molecule has 0 bridgehead atoms. The third-order valence-corrected chi connectivity index (χ3v) is 2.24. The van der Waals surface area contributed by atoms with Crippen molar-refractivity contribution in [3.8, 4) is 5.88 Å². The average molecular weight is 263 g/mol. The monoisotopic (exact) mass is 263 g/mol. The van der Waals surface area contributed by atoms with Crippen molar-refractivity contribution in [1.29, 1.82) is 0 Å². The van der Waals surface area contributed by atoms with Crippen LogP contribution in [0, 0.1) is 0 Å². The van der Waals surface area contributed by atoms with Gasteiger partial charge < -0.3 is 10.1 Å². The predicted octanol–water partition coefficient (Wildman–Crippen LogP) is 2.80. The summed E-state index contributed by atoms with van der Waals surface area (Å²) in [5, 5.41) is 2.77. The van der Waals surface area contributed by atoms with E-state index in [1.54, 1.807) is 7.05 Å². The molecule has 1 aromatic rings. The fraction of sp³-hybridized carbons (Fsp3) is 0.636. The van der Waals surface area contributed by atoms with Crippen LogP contribution in [0.15, 0.2) is 6.07 Å². The first-order valence-electron chi connectivity index (χ1n) is 5.66. The molecule has 1 aromatic heterocycles. The highest BCUT2D eigenvalue weighted by molar-refractivity contribution is 5.37. The Hall–Kier alpha value is -1.53. The number of anilines is 1. The quantitative estimate of drug-likeness (QED) is 0.887. The van der Waals surface area contributed by atoms with Crippen LogP contribution in [-0.2, 0) is 6.42 Å². The van der Waals surface area contributed by atoms with E-state index < -0.39 is 12.3 Å². The van der Waals surface area contributed by atoms with Crippen LogP contribution in [0.4, 0.5) is 19.0 Å². The summed E-state index contributed by atoms with van der Waals surface area (Å²) in [4.78, 5) is 8.08. The van der Waals surface area contributed by atoms with Crippen LogP contribution in [0.2, 0.25) is 0 Å². The van der Waals surface area contributed by atoms with Gasteiger partial charge in [-0.15, -0.1) is 0 Å². The van der Waals surface area contributed by atoms with Gasteiger partial charge in [0.2, 0.25) is 5.88 Å². The van der Waals surface area contributed by atoms with Crippen molar-refractivity contribution in [2.24, 2.45) is 0 Å². The smallest absolute Gasteiger partial charge is 0.425 e. The highest BCUT2D eigenvalue weighted by Crippen LogP contribution is 2.25. The summed E-state index contributed by atoms with van der Waals surface area (Å²) in [6, 6.07) is 1.35. The molecular weight excluding hydrogens is 247 g/mol. The molecule has 1 heterocycles. The van der Waals surface area contributed by atoms with Crippen molar-refractivity contribution in [3.63, 3.8) is 0 Å². The van der Waals surface area contributed by atoms with E-state index in [2.05, 4.69) is 15.3 Å². The third-order valence-electron chi connectivity index (χ3n) is 2.24. The van der Waals surface area contributed by atoms with E-state index in [0.29, 0.717) is 18.1 Å². The molecule has 0 aliphatic heterocycles. The summed E-state index contributed by atoms with van der Waals surface area (Å²) >= 11 is 0. The van der Waals surface area contributed by atoms with E-state index >= 15 is 0 Å². The van der Waals surface area contributed by atoms with E-state index in [4.69, 9.17) is 4.74 Å². The van der Waals surface area contributed by atoms with E-state index in [1.165, 1.54) is 6.07 Å². The molecule has 1 unspecified atom stereocenters. The van der Waals surface area contributed by atoms with Crippen molar-refractivity contribution >= 4 is 5.82 Å². The molecule has 0 aliphatic rings. The fourth-order valence-electron chi connectivity index (χ4n) is 1.24. The second-order valence-corrected chi connectivity index (χ2v) is 3.81. The number of nitrogens with zero attached hydrogens (tertiary/aromatic N) is 2. The first-order valence-corrected chi connectivity index (χ1v) is 5.66. The van der Waals surface area contributed by atoms with E-state index in [-0.39, 0.29) is 5.88 Å². The number of rotatable bonds is 5. The highest BCUT2D eigenvalue weighted by atomic mass is 19.4. The minimum Gasteiger partial charge on any atom is -0.465 e. The number of halogens is 3. The van der Waals surface area contributed by atoms with Crippen molar-refractivity contribution in [3.05, 3.63) is 11.9 Å². The van der Waals surface area contributed by atoms with Crippen molar-refractivity contribution in [1.82, 2.24) is 9.97 Å². The molecule has 102 valence electrons. The molecular formula is C11H16F3N3O. The van der Waals surface area contributed by atoms with Crippen LogP contribution < -0.4 is 10.1 Å². The maximum Gasteiger partial charge on any atom is 0.425 e. The van der Waals surface area contributed by atoms with Crippen LogP contribution in [-0.4, -0.2) is 29.3 Å². The summed E-state index contributed by atoms with van der Waals surface area (Å²) in [5.74, 6) is 0.842. The van der Waals surface area contributed by atoms with Crippen LogP contribution in [0.5, 0.6) is 5.88 Å². The summed E-state index contributed by atoms with van der Waals surface area (Å²) in [6.45, 7) is 2.88. The first-order chi connectivity index (χ1) is 8.36. The molecule has 7 heteroatoms. The maximum atomic E-state index is 12.4. The van der Waals surface area contributed by atoms with Gasteiger partial charge in [0.15, 0.2) is 6.10 Å². The second-order valence-electron chi connectivity index (χ2n) is 3.81. The van der Waals surface area contributed by atoms with Gasteiger partial charge in [0.05, 0.1) is 0 Å². The number of hydrogen-bond donors (Lipinski definition) is 1. The minimum atomic E-state index is -4.41. The van der Waals surface area contributed by atoms with Crippen LogP contribution >= 0.6 is 0 Å². The van der Waals surface area contributed by atoms with Gasteiger partial charge in [-0.25, -0.2) is 4.98 Å². The van der Waals surface area contributed by atoms with E-state index in [1.807, 2.05) is 6.92 Å². The standard InChI is InChI=1S/C11H16F3N3O/c1-4-5-8-16-9(15-3)6-10(17-8)18-7(2)11(12,13)14/h6-7H,4-5H2,1-3H3,(H,15,16,17). The first kappa shape index (κ1) is 14.5. The Morgan fingerprint density at radius 2 is 2.06 bits per heavy atom. The van der Waals surface area contributed by atoms with Gasteiger partial charge in [0, 0.05) is 19.5 Å². The van der Waals surface area contributed by atoms with Crippen LogP contribution in [0.1, 0.15) is 26.1 Å². The van der Waals surface area contributed by atoms with Crippen molar-refractivity contribution < 1.29 is 17.9 Å². The number of aryl methyl sites for hydroxylation is 1. The molecule has 0 radical (unpaired) electrons. The normalized spacial score (nSPS) is 13.2. The summed E-state index contributed by atoms with van der Waals surface area (Å²) in [5.41, 5.74) is 0. The Morgan fingerprint density at radius 1 is 1.39 bits per heavy atom. The predicted molar refractivity (Wildman–Crippen MR) is 61.7 cm³/mol. The minimum absolute atomic E-state index is 0.0670. The lowest BCUT2D eigenvalue weighted by atomic mass is 10.3. The lowest BCUT2D eigenvalue weighted by Crippen LogP contribution is -2.31. The van der Waals surface area contributed by atoms with Gasteiger partial charge in [-0.05, 0) is 13.3 Å². The number of ether oxygens (including phenoxy) is 1. The Balaban J connectivity index is 2.90. The van der Waals surface area contributed by atoms with Crippen LogP contribution in [0.3, 0.4) is 0 Å². The summed E-state index contributed by atoms with van der Waals surface area (Å²) in [7, 11) is 1.63. The largest absolute Gasteiger partial charge is 0.465 e. The van der Waals surface area contributed by atoms with E-state index in [9.17, 15) is 13.2 Å². The summed E-state index contributed by atoms with van der Waals surface area (Å²) in [6.07, 6.45) is -4.91. The molecule has 0 fully saturated rings. The molecule has 1 N–H and O–H groups in total. The lowest BCUT2D eigenvalue weighted by molar-refractivity contribution is -0.190. The van der Waals surface area contributed by atoms with Crippen molar-refractivity contribution in [2.75, 3.05) is 12.4 Å². The zero-order valence-electron chi connectivity index (χ0n) is 10.5. The van der Waals surface area contributed by atoms with Gasteiger partial charge in [0.1, 0.15) is 11.6 Å². The topological polar surface area (TPSA) is 47.0 Å².